The Balaban J connectivity index is 2.22. The zero-order chi connectivity index (χ0) is 20.0. The van der Waals surface area contributed by atoms with E-state index in [1.807, 2.05) is 0 Å². The first-order valence-electron chi connectivity index (χ1n) is 8.03. The molecule has 2 aromatic rings. The average Bonchev–Trinajstić information content (AvgIpc) is 2.98. The van der Waals surface area contributed by atoms with E-state index >= 15 is 0 Å². The van der Waals surface area contributed by atoms with Crippen molar-refractivity contribution in [3.8, 4) is 0 Å². The number of hydrogen-bond acceptors (Lipinski definition) is 6. The van der Waals surface area contributed by atoms with E-state index in [4.69, 9.17) is 44.3 Å². The van der Waals surface area contributed by atoms with Gasteiger partial charge in [-0.25, -0.2) is 4.98 Å². The van der Waals surface area contributed by atoms with Crippen LogP contribution in [0.25, 0.3) is 0 Å². The molecule has 0 aliphatic carbocycles. The Morgan fingerprint density at radius 1 is 1.15 bits per heavy atom. The number of carbonyl (C=O) groups excluding carboxylic acids is 1. The molecule has 27 heavy (non-hydrogen) atoms. The van der Waals surface area contributed by atoms with Gasteiger partial charge in [-0.2, -0.15) is 0 Å². The highest BCUT2D eigenvalue weighted by atomic mass is 35.5. The second-order valence-electron chi connectivity index (χ2n) is 5.58. The first-order chi connectivity index (χ1) is 12.9. The lowest BCUT2D eigenvalue weighted by molar-refractivity contribution is 0.0631. The topological polar surface area (TPSA) is 63.7 Å². The van der Waals surface area contributed by atoms with Crippen molar-refractivity contribution in [3.05, 3.63) is 37.8 Å². The molecular weight excluding hydrogens is 433 g/mol. The van der Waals surface area contributed by atoms with Crippen molar-refractivity contribution < 1.29 is 14.3 Å². The molecule has 6 nitrogen and oxygen atoms in total. The number of methoxy groups -OCH3 is 2. The van der Waals surface area contributed by atoms with Gasteiger partial charge in [0, 0.05) is 32.3 Å². The van der Waals surface area contributed by atoms with Crippen LogP contribution in [0, 0.1) is 6.92 Å². The van der Waals surface area contributed by atoms with Crippen LogP contribution in [0.3, 0.4) is 0 Å². The summed E-state index contributed by atoms with van der Waals surface area (Å²) in [5, 5.41) is 4.77. The predicted molar refractivity (Wildman–Crippen MR) is 111 cm³/mol. The highest BCUT2D eigenvalue weighted by Gasteiger charge is 2.22. The minimum Gasteiger partial charge on any atom is -0.383 e. The SMILES string of the molecule is COCCN(CCOC)C(=O)c1sc(Nc2c(Cl)cc(Cl)cc2Cl)nc1C. The molecule has 0 unspecified atom stereocenters. The van der Waals surface area contributed by atoms with Gasteiger partial charge in [-0.3, -0.25) is 4.79 Å². The van der Waals surface area contributed by atoms with Crippen molar-refractivity contribution >= 4 is 62.9 Å². The molecule has 0 fully saturated rings. The van der Waals surface area contributed by atoms with Crippen LogP contribution in [0.15, 0.2) is 12.1 Å². The largest absolute Gasteiger partial charge is 0.383 e. The lowest BCUT2D eigenvalue weighted by Gasteiger charge is -2.21. The van der Waals surface area contributed by atoms with E-state index in [9.17, 15) is 4.79 Å². The molecule has 0 saturated heterocycles. The number of aromatic nitrogens is 1. The van der Waals surface area contributed by atoms with Gasteiger partial charge in [0.05, 0.1) is 34.6 Å². The molecule has 1 aromatic carbocycles. The van der Waals surface area contributed by atoms with Crippen molar-refractivity contribution in [1.82, 2.24) is 9.88 Å². The second kappa shape index (κ2) is 10.5. The van der Waals surface area contributed by atoms with E-state index in [-0.39, 0.29) is 5.91 Å². The molecule has 1 aromatic heterocycles. The number of ether oxygens (including phenoxy) is 2. The van der Waals surface area contributed by atoms with Crippen molar-refractivity contribution in [2.24, 2.45) is 0 Å². The number of thiazole rings is 1. The zero-order valence-corrected chi connectivity index (χ0v) is 18.2. The number of hydrogen-bond donors (Lipinski definition) is 1. The van der Waals surface area contributed by atoms with E-state index in [0.717, 1.165) is 0 Å². The van der Waals surface area contributed by atoms with Gasteiger partial charge in [0.15, 0.2) is 5.13 Å². The average molecular weight is 453 g/mol. The third kappa shape index (κ3) is 5.94. The second-order valence-corrected chi connectivity index (χ2v) is 7.83. The van der Waals surface area contributed by atoms with Crippen LogP contribution in [-0.2, 0) is 9.47 Å². The van der Waals surface area contributed by atoms with Crippen LogP contribution in [0.2, 0.25) is 15.1 Å². The normalized spacial score (nSPS) is 10.9. The van der Waals surface area contributed by atoms with Gasteiger partial charge < -0.3 is 19.7 Å². The summed E-state index contributed by atoms with van der Waals surface area (Å²) in [5.41, 5.74) is 1.11. The van der Waals surface area contributed by atoms with Gasteiger partial charge >= 0.3 is 0 Å². The van der Waals surface area contributed by atoms with E-state index in [1.54, 1.807) is 38.2 Å². The monoisotopic (exact) mass is 451 g/mol. The third-order valence-electron chi connectivity index (χ3n) is 3.65. The summed E-state index contributed by atoms with van der Waals surface area (Å²) in [5.74, 6) is -0.125. The number of benzene rings is 1. The maximum Gasteiger partial charge on any atom is 0.266 e. The fourth-order valence-electron chi connectivity index (χ4n) is 2.28. The van der Waals surface area contributed by atoms with Gasteiger partial charge in [-0.15, -0.1) is 0 Å². The highest BCUT2D eigenvalue weighted by molar-refractivity contribution is 7.17. The number of nitrogens with one attached hydrogen (secondary N) is 1. The van der Waals surface area contributed by atoms with Crippen LogP contribution < -0.4 is 5.32 Å². The minimum absolute atomic E-state index is 0.125. The molecule has 1 heterocycles. The maximum atomic E-state index is 12.9. The van der Waals surface area contributed by atoms with E-state index in [1.165, 1.54) is 11.3 Å². The lowest BCUT2D eigenvalue weighted by Crippen LogP contribution is -2.36. The quantitative estimate of drug-likeness (QED) is 0.587. The molecule has 0 aliphatic rings. The van der Waals surface area contributed by atoms with Crippen LogP contribution in [-0.4, -0.2) is 56.3 Å². The summed E-state index contributed by atoms with van der Waals surface area (Å²) < 4.78 is 10.2. The maximum absolute atomic E-state index is 12.9. The molecule has 0 spiro atoms. The van der Waals surface area contributed by atoms with Crippen LogP contribution in [0.5, 0.6) is 0 Å². The number of halogens is 3. The Morgan fingerprint density at radius 3 is 2.22 bits per heavy atom. The summed E-state index contributed by atoms with van der Waals surface area (Å²) >= 11 is 19.6. The number of anilines is 2. The Kier molecular flexibility index (Phi) is 8.60. The number of amides is 1. The third-order valence-corrected chi connectivity index (χ3v) is 5.52. The number of aryl methyl sites for hydroxylation is 1. The van der Waals surface area contributed by atoms with Gasteiger partial charge in [0.2, 0.25) is 0 Å². The predicted octanol–water partition coefficient (Wildman–Crippen LogP) is 4.89. The molecule has 0 bridgehead atoms. The van der Waals surface area contributed by atoms with Crippen molar-refractivity contribution in [3.63, 3.8) is 0 Å². The number of rotatable bonds is 9. The molecule has 0 radical (unpaired) electrons. The Labute approximate surface area is 177 Å². The lowest BCUT2D eigenvalue weighted by atomic mass is 10.3. The molecule has 2 rings (SSSR count). The Morgan fingerprint density at radius 2 is 1.70 bits per heavy atom. The van der Waals surface area contributed by atoms with Crippen LogP contribution in [0.4, 0.5) is 10.8 Å². The van der Waals surface area contributed by atoms with Crippen LogP contribution >= 0.6 is 46.1 Å². The van der Waals surface area contributed by atoms with E-state index in [2.05, 4.69) is 10.3 Å². The zero-order valence-electron chi connectivity index (χ0n) is 15.1. The molecular formula is C17H20Cl3N3O3S. The van der Waals surface area contributed by atoms with E-state index < -0.39 is 0 Å². The summed E-state index contributed by atoms with van der Waals surface area (Å²) in [7, 11) is 3.19. The van der Waals surface area contributed by atoms with Gasteiger partial charge in [0.25, 0.3) is 5.91 Å². The summed E-state index contributed by atoms with van der Waals surface area (Å²) in [6.07, 6.45) is 0. The summed E-state index contributed by atoms with van der Waals surface area (Å²) in [6.45, 7) is 3.59. The highest BCUT2D eigenvalue weighted by Crippen LogP contribution is 2.37. The first kappa shape index (κ1) is 22.2. The van der Waals surface area contributed by atoms with Gasteiger partial charge in [-0.05, 0) is 19.1 Å². The standard InChI is InChI=1S/C17H20Cl3N3O3S/c1-10-15(16(24)23(4-6-25-2)5-7-26-3)27-17(21-10)22-14-12(19)8-11(18)9-13(14)20/h8-9H,4-7H2,1-3H3,(H,21,22). The van der Waals surface area contributed by atoms with Crippen LogP contribution in [0.1, 0.15) is 15.4 Å². The fourth-order valence-corrected chi connectivity index (χ4v) is 4.13. The Bertz CT molecular complexity index is 770. The molecule has 0 saturated carbocycles. The number of carbonyl (C=O) groups is 1. The minimum atomic E-state index is -0.125. The molecule has 1 amide bonds. The fraction of sp³-hybridized carbons (Fsp3) is 0.412. The molecule has 148 valence electrons. The van der Waals surface area contributed by atoms with Gasteiger partial charge in [0.1, 0.15) is 4.88 Å². The first-order valence-corrected chi connectivity index (χ1v) is 9.98. The van der Waals surface area contributed by atoms with E-state index in [0.29, 0.717) is 62.8 Å². The molecule has 1 N–H and O–H groups in total. The molecule has 0 aliphatic heterocycles. The van der Waals surface area contributed by atoms with Gasteiger partial charge in [-0.1, -0.05) is 46.1 Å². The Hall–Kier alpha value is -1.09. The molecule has 10 heteroatoms. The van der Waals surface area contributed by atoms with Crippen molar-refractivity contribution in [2.75, 3.05) is 45.8 Å². The number of nitrogens with zero attached hydrogens (tertiary/aromatic N) is 2. The summed E-state index contributed by atoms with van der Waals surface area (Å²) in [6, 6.07) is 3.17. The van der Waals surface area contributed by atoms with Crippen molar-refractivity contribution in [1.29, 1.82) is 0 Å². The summed E-state index contributed by atoms with van der Waals surface area (Å²) in [4.78, 5) is 19.5. The van der Waals surface area contributed by atoms with Crippen molar-refractivity contribution in [2.45, 2.75) is 6.92 Å². The molecule has 0 atom stereocenters. The smallest absolute Gasteiger partial charge is 0.266 e.